The molecule has 23 heavy (non-hydrogen) atoms. The molecular formula is C19H20N2O2. The van der Waals surface area contributed by atoms with Gasteiger partial charge in [-0.05, 0) is 24.3 Å². The molecule has 0 aliphatic heterocycles. The van der Waals surface area contributed by atoms with Crippen LogP contribution < -0.4 is 4.74 Å². The molecule has 0 saturated heterocycles. The molecule has 0 bridgehead atoms. The largest absolute Gasteiger partial charge is 0.497 e. The SMILES string of the molecule is COc1ccc2nc(C(C)(C)C)n(C(=O)c3ccccc3)c2c1. The Morgan fingerprint density at radius 2 is 1.78 bits per heavy atom. The quantitative estimate of drug-likeness (QED) is 0.718. The van der Waals surface area contributed by atoms with Gasteiger partial charge in [-0.15, -0.1) is 0 Å². The zero-order valence-electron chi connectivity index (χ0n) is 13.8. The van der Waals surface area contributed by atoms with Crippen molar-refractivity contribution in [3.8, 4) is 5.75 Å². The third-order valence-electron chi connectivity index (χ3n) is 3.76. The Morgan fingerprint density at radius 3 is 2.39 bits per heavy atom. The number of carbonyl (C=O) groups is 1. The second-order valence-corrected chi connectivity index (χ2v) is 6.55. The fourth-order valence-corrected chi connectivity index (χ4v) is 2.60. The summed E-state index contributed by atoms with van der Waals surface area (Å²) in [6.07, 6.45) is 0. The van der Waals surface area contributed by atoms with Crippen LogP contribution in [0, 0.1) is 0 Å². The summed E-state index contributed by atoms with van der Waals surface area (Å²) in [5.74, 6) is 1.38. The van der Waals surface area contributed by atoms with Gasteiger partial charge >= 0.3 is 0 Å². The summed E-state index contributed by atoms with van der Waals surface area (Å²) in [7, 11) is 1.62. The first-order chi connectivity index (χ1) is 10.9. The molecule has 0 saturated carbocycles. The first kappa shape index (κ1) is 15.3. The number of hydrogen-bond acceptors (Lipinski definition) is 3. The van der Waals surface area contributed by atoms with Gasteiger partial charge in [0.15, 0.2) is 0 Å². The molecule has 0 aliphatic rings. The lowest BCUT2D eigenvalue weighted by Crippen LogP contribution is -2.24. The Kier molecular flexibility index (Phi) is 3.68. The van der Waals surface area contributed by atoms with E-state index in [0.29, 0.717) is 11.3 Å². The molecule has 0 fully saturated rings. The monoisotopic (exact) mass is 308 g/mol. The zero-order chi connectivity index (χ0) is 16.6. The summed E-state index contributed by atoms with van der Waals surface area (Å²) >= 11 is 0. The lowest BCUT2D eigenvalue weighted by molar-refractivity contribution is 0.0957. The highest BCUT2D eigenvalue weighted by Gasteiger charge is 2.27. The fourth-order valence-electron chi connectivity index (χ4n) is 2.60. The minimum absolute atomic E-state index is 0.0775. The van der Waals surface area contributed by atoms with Crippen LogP contribution in [0.4, 0.5) is 0 Å². The molecule has 0 unspecified atom stereocenters. The third kappa shape index (κ3) is 2.72. The van der Waals surface area contributed by atoms with Crippen molar-refractivity contribution in [2.24, 2.45) is 0 Å². The smallest absolute Gasteiger partial charge is 0.263 e. The van der Waals surface area contributed by atoms with Gasteiger partial charge in [-0.2, -0.15) is 0 Å². The Labute approximate surface area is 135 Å². The maximum atomic E-state index is 13.1. The minimum atomic E-state index is -0.253. The van der Waals surface area contributed by atoms with E-state index in [9.17, 15) is 4.79 Å². The van der Waals surface area contributed by atoms with Crippen molar-refractivity contribution in [3.63, 3.8) is 0 Å². The van der Waals surface area contributed by atoms with Gasteiger partial charge in [-0.25, -0.2) is 4.98 Å². The van der Waals surface area contributed by atoms with Gasteiger partial charge in [0, 0.05) is 17.0 Å². The van der Waals surface area contributed by atoms with Gasteiger partial charge in [-0.3, -0.25) is 9.36 Å². The highest BCUT2D eigenvalue weighted by Crippen LogP contribution is 2.29. The van der Waals surface area contributed by atoms with E-state index >= 15 is 0 Å². The van der Waals surface area contributed by atoms with Crippen molar-refractivity contribution in [3.05, 3.63) is 59.9 Å². The van der Waals surface area contributed by atoms with Crippen LogP contribution >= 0.6 is 0 Å². The van der Waals surface area contributed by atoms with Gasteiger partial charge in [0.1, 0.15) is 11.6 Å². The number of benzene rings is 2. The maximum absolute atomic E-state index is 13.1. The van der Waals surface area contributed by atoms with Gasteiger partial charge < -0.3 is 4.74 Å². The number of methoxy groups -OCH3 is 1. The molecule has 0 N–H and O–H groups in total. The van der Waals surface area contributed by atoms with E-state index in [0.717, 1.165) is 16.9 Å². The van der Waals surface area contributed by atoms with E-state index in [1.165, 1.54) is 0 Å². The molecule has 0 amide bonds. The second kappa shape index (κ2) is 5.54. The normalized spacial score (nSPS) is 11.7. The molecule has 3 rings (SSSR count). The molecule has 4 nitrogen and oxygen atoms in total. The predicted octanol–water partition coefficient (Wildman–Crippen LogP) is 4.03. The molecule has 4 heteroatoms. The predicted molar refractivity (Wildman–Crippen MR) is 91.2 cm³/mol. The summed E-state index contributed by atoms with van der Waals surface area (Å²) < 4.78 is 7.01. The van der Waals surface area contributed by atoms with Gasteiger partial charge in [-0.1, -0.05) is 39.0 Å². The molecule has 0 spiro atoms. The molecule has 2 aromatic carbocycles. The van der Waals surface area contributed by atoms with Crippen molar-refractivity contribution < 1.29 is 9.53 Å². The second-order valence-electron chi connectivity index (χ2n) is 6.55. The van der Waals surface area contributed by atoms with Gasteiger partial charge in [0.2, 0.25) is 0 Å². The highest BCUT2D eigenvalue weighted by atomic mass is 16.5. The Bertz CT molecular complexity index is 858. The van der Waals surface area contributed by atoms with Crippen molar-refractivity contribution >= 4 is 16.9 Å². The molecule has 0 atom stereocenters. The molecule has 0 radical (unpaired) electrons. The van der Waals surface area contributed by atoms with E-state index in [1.807, 2.05) is 48.5 Å². The van der Waals surface area contributed by atoms with Crippen LogP contribution in [-0.2, 0) is 5.41 Å². The van der Waals surface area contributed by atoms with Gasteiger partial charge in [0.05, 0.1) is 18.1 Å². The zero-order valence-corrected chi connectivity index (χ0v) is 13.8. The lowest BCUT2D eigenvalue weighted by Gasteiger charge is -2.19. The van der Waals surface area contributed by atoms with Gasteiger partial charge in [0.25, 0.3) is 5.91 Å². The summed E-state index contributed by atoms with van der Waals surface area (Å²) in [5.41, 5.74) is 1.94. The fraction of sp³-hybridized carbons (Fsp3) is 0.263. The van der Waals surface area contributed by atoms with E-state index in [1.54, 1.807) is 11.7 Å². The maximum Gasteiger partial charge on any atom is 0.263 e. The number of nitrogens with zero attached hydrogens (tertiary/aromatic N) is 2. The molecule has 1 heterocycles. The molecule has 118 valence electrons. The third-order valence-corrected chi connectivity index (χ3v) is 3.76. The molecule has 3 aromatic rings. The van der Waals surface area contributed by atoms with E-state index in [4.69, 9.17) is 9.72 Å². The van der Waals surface area contributed by atoms with Crippen LogP contribution in [-0.4, -0.2) is 22.6 Å². The molecule has 1 aromatic heterocycles. The Hall–Kier alpha value is -2.62. The van der Waals surface area contributed by atoms with E-state index in [2.05, 4.69) is 20.8 Å². The first-order valence-corrected chi connectivity index (χ1v) is 7.58. The summed E-state index contributed by atoms with van der Waals surface area (Å²) in [4.78, 5) is 17.8. The standard InChI is InChI=1S/C19H20N2O2/c1-19(2,3)18-20-15-11-10-14(23-4)12-16(15)21(18)17(22)13-8-6-5-7-9-13/h5-12H,1-4H3. The van der Waals surface area contributed by atoms with Crippen LogP contribution in [0.25, 0.3) is 11.0 Å². The first-order valence-electron chi connectivity index (χ1n) is 7.58. The number of aromatic nitrogens is 2. The summed E-state index contributed by atoms with van der Waals surface area (Å²) in [6, 6.07) is 14.9. The van der Waals surface area contributed by atoms with E-state index < -0.39 is 0 Å². The van der Waals surface area contributed by atoms with Crippen LogP contribution in [0.1, 0.15) is 37.0 Å². The number of carbonyl (C=O) groups excluding carboxylic acids is 1. The average molecular weight is 308 g/mol. The summed E-state index contributed by atoms with van der Waals surface area (Å²) in [6.45, 7) is 6.17. The van der Waals surface area contributed by atoms with Crippen molar-refractivity contribution in [2.45, 2.75) is 26.2 Å². The van der Waals surface area contributed by atoms with Crippen molar-refractivity contribution in [1.29, 1.82) is 0 Å². The summed E-state index contributed by atoms with van der Waals surface area (Å²) in [5, 5.41) is 0. The van der Waals surface area contributed by atoms with Crippen molar-refractivity contribution in [2.75, 3.05) is 7.11 Å². The van der Waals surface area contributed by atoms with Crippen LogP contribution in [0.2, 0.25) is 0 Å². The minimum Gasteiger partial charge on any atom is -0.497 e. The van der Waals surface area contributed by atoms with Crippen LogP contribution in [0.5, 0.6) is 5.75 Å². The van der Waals surface area contributed by atoms with Crippen molar-refractivity contribution in [1.82, 2.24) is 9.55 Å². The topological polar surface area (TPSA) is 44.1 Å². The number of imidazole rings is 1. The highest BCUT2D eigenvalue weighted by molar-refractivity contribution is 6.02. The van der Waals surface area contributed by atoms with E-state index in [-0.39, 0.29) is 11.3 Å². The average Bonchev–Trinajstić information content (AvgIpc) is 2.93. The number of rotatable bonds is 2. The Balaban J connectivity index is 2.29. The Morgan fingerprint density at radius 1 is 1.09 bits per heavy atom. The number of ether oxygens (including phenoxy) is 1. The molecule has 0 aliphatic carbocycles. The van der Waals surface area contributed by atoms with Crippen LogP contribution in [0.3, 0.4) is 0 Å². The number of fused-ring (bicyclic) bond motifs is 1. The molecular weight excluding hydrogens is 288 g/mol. The lowest BCUT2D eigenvalue weighted by atomic mass is 9.95. The van der Waals surface area contributed by atoms with Crippen LogP contribution in [0.15, 0.2) is 48.5 Å². The number of hydrogen-bond donors (Lipinski definition) is 0.